The van der Waals surface area contributed by atoms with E-state index in [2.05, 4.69) is 14.9 Å². The molecule has 1 aliphatic heterocycles. The lowest BCUT2D eigenvalue weighted by molar-refractivity contribution is 0.0600. The Morgan fingerprint density at radius 3 is 2.59 bits per heavy atom. The Morgan fingerprint density at radius 2 is 1.96 bits per heavy atom. The summed E-state index contributed by atoms with van der Waals surface area (Å²) in [6.07, 6.45) is 1.51. The Kier molecular flexibility index (Phi) is 4.28. The zero-order chi connectivity index (χ0) is 19.0. The molecule has 1 saturated heterocycles. The topological polar surface area (TPSA) is 116 Å². The Balaban J connectivity index is 1.44. The van der Waals surface area contributed by atoms with Crippen LogP contribution in [0.4, 0.5) is 0 Å². The predicted octanol–water partition coefficient (Wildman–Crippen LogP) is 1.90. The van der Waals surface area contributed by atoms with Gasteiger partial charge in [-0.25, -0.2) is 13.2 Å². The van der Waals surface area contributed by atoms with Crippen molar-refractivity contribution in [1.29, 1.82) is 0 Å². The van der Waals surface area contributed by atoms with Gasteiger partial charge < -0.3 is 13.7 Å². The van der Waals surface area contributed by atoms with E-state index in [9.17, 15) is 13.2 Å². The molecule has 0 unspecified atom stereocenters. The van der Waals surface area contributed by atoms with Crippen LogP contribution in [0.15, 0.2) is 56.5 Å². The van der Waals surface area contributed by atoms with Crippen LogP contribution in [0.1, 0.15) is 22.2 Å². The Morgan fingerprint density at radius 1 is 1.22 bits per heavy atom. The number of benzene rings is 1. The highest BCUT2D eigenvalue weighted by Gasteiger charge is 2.40. The zero-order valence-electron chi connectivity index (χ0n) is 14.2. The lowest BCUT2D eigenvalue weighted by Crippen LogP contribution is -2.48. The van der Waals surface area contributed by atoms with Crippen LogP contribution >= 0.6 is 0 Å². The van der Waals surface area contributed by atoms with Gasteiger partial charge in [-0.2, -0.15) is 9.29 Å². The van der Waals surface area contributed by atoms with Crippen molar-refractivity contribution in [2.45, 2.75) is 10.8 Å². The quantitative estimate of drug-likeness (QED) is 0.608. The first-order valence-corrected chi connectivity index (χ1v) is 9.49. The molecule has 0 spiro atoms. The maximum Gasteiger partial charge on any atom is 0.337 e. The molecule has 140 valence electrons. The van der Waals surface area contributed by atoms with Crippen molar-refractivity contribution in [2.75, 3.05) is 20.2 Å². The van der Waals surface area contributed by atoms with Crippen LogP contribution in [0.3, 0.4) is 0 Å². The number of nitrogens with zero attached hydrogens (tertiary/aromatic N) is 3. The molecule has 3 heterocycles. The first-order chi connectivity index (χ1) is 13.0. The first-order valence-electron chi connectivity index (χ1n) is 8.05. The van der Waals surface area contributed by atoms with Crippen molar-refractivity contribution >= 4 is 16.0 Å². The predicted molar refractivity (Wildman–Crippen MR) is 91.3 cm³/mol. The number of hydrogen-bond acceptors (Lipinski definition) is 8. The molecule has 0 amide bonds. The molecule has 0 N–H and O–H groups in total. The minimum absolute atomic E-state index is 0.107. The van der Waals surface area contributed by atoms with Crippen molar-refractivity contribution < 1.29 is 26.9 Å². The first kappa shape index (κ1) is 17.4. The van der Waals surface area contributed by atoms with Crippen LogP contribution in [0.5, 0.6) is 0 Å². The van der Waals surface area contributed by atoms with Crippen LogP contribution in [-0.2, 0) is 14.8 Å². The van der Waals surface area contributed by atoms with Crippen molar-refractivity contribution in [2.24, 2.45) is 0 Å². The molecule has 0 atom stereocenters. The number of aromatic nitrogens is 2. The molecular formula is C17H15N3O6S. The fraction of sp³-hybridized carbons (Fsp3) is 0.235. The minimum Gasteiger partial charge on any atom is -0.465 e. The molecule has 3 aromatic rings. The van der Waals surface area contributed by atoms with E-state index in [0.29, 0.717) is 17.5 Å². The summed E-state index contributed by atoms with van der Waals surface area (Å²) in [6.45, 7) is 0.474. The SMILES string of the molecule is COC(=O)c1ccc(S(=O)(=O)N2CC(c3nc(-c4ccco4)no3)C2)cc1. The standard InChI is InChI=1S/C17H15N3O6S/c1-24-17(21)11-4-6-13(7-5-11)27(22,23)20-9-12(10-20)16-18-15(19-26-16)14-3-2-8-25-14/h2-8,12H,9-10H2,1H3. The molecule has 10 heteroatoms. The summed E-state index contributed by atoms with van der Waals surface area (Å²) in [5.41, 5.74) is 0.286. The molecule has 0 bridgehead atoms. The van der Waals surface area contributed by atoms with Gasteiger partial charge in [0.25, 0.3) is 0 Å². The van der Waals surface area contributed by atoms with Crippen LogP contribution in [0, 0.1) is 0 Å². The van der Waals surface area contributed by atoms with E-state index in [-0.39, 0.29) is 29.5 Å². The number of furan rings is 1. The molecule has 4 rings (SSSR count). The van der Waals surface area contributed by atoms with Crippen molar-refractivity contribution in [3.05, 3.63) is 54.1 Å². The normalized spacial score (nSPS) is 15.4. The van der Waals surface area contributed by atoms with E-state index in [0.717, 1.165) is 0 Å². The maximum atomic E-state index is 12.7. The highest BCUT2D eigenvalue weighted by molar-refractivity contribution is 7.89. The molecule has 1 fully saturated rings. The molecule has 9 nitrogen and oxygen atoms in total. The van der Waals surface area contributed by atoms with Crippen molar-refractivity contribution in [3.8, 4) is 11.6 Å². The second-order valence-corrected chi connectivity index (χ2v) is 7.91. The fourth-order valence-electron chi connectivity index (χ4n) is 2.73. The van der Waals surface area contributed by atoms with Gasteiger partial charge >= 0.3 is 5.97 Å². The number of rotatable bonds is 5. The number of carbonyl (C=O) groups excluding carboxylic acids is 1. The fourth-order valence-corrected chi connectivity index (χ4v) is 4.26. The number of sulfonamides is 1. The van der Waals surface area contributed by atoms with Gasteiger partial charge in [0.2, 0.25) is 21.7 Å². The summed E-state index contributed by atoms with van der Waals surface area (Å²) in [4.78, 5) is 15.8. The number of hydrogen-bond donors (Lipinski definition) is 0. The van der Waals surface area contributed by atoms with E-state index in [4.69, 9.17) is 8.94 Å². The van der Waals surface area contributed by atoms with Crippen molar-refractivity contribution in [3.63, 3.8) is 0 Å². The Bertz CT molecular complexity index is 1050. The van der Waals surface area contributed by atoms with Gasteiger partial charge in [0.05, 0.1) is 29.7 Å². The van der Waals surface area contributed by atoms with Gasteiger partial charge in [0.15, 0.2) is 5.76 Å². The third-order valence-electron chi connectivity index (χ3n) is 4.29. The Hall–Kier alpha value is -2.98. The van der Waals surface area contributed by atoms with Gasteiger partial charge in [-0.05, 0) is 36.4 Å². The molecule has 1 aliphatic rings. The third-order valence-corrected chi connectivity index (χ3v) is 6.14. The lowest BCUT2D eigenvalue weighted by Gasteiger charge is -2.35. The molecule has 27 heavy (non-hydrogen) atoms. The van der Waals surface area contributed by atoms with E-state index in [1.807, 2.05) is 0 Å². The number of carbonyl (C=O) groups is 1. The van der Waals surface area contributed by atoms with E-state index >= 15 is 0 Å². The highest BCUT2D eigenvalue weighted by atomic mass is 32.2. The molecular weight excluding hydrogens is 374 g/mol. The molecule has 0 aliphatic carbocycles. The number of esters is 1. The molecule has 0 radical (unpaired) electrons. The average molecular weight is 389 g/mol. The van der Waals surface area contributed by atoms with E-state index in [1.54, 1.807) is 12.1 Å². The number of ether oxygens (including phenoxy) is 1. The second-order valence-electron chi connectivity index (χ2n) is 5.97. The van der Waals surface area contributed by atoms with Crippen LogP contribution in [0.2, 0.25) is 0 Å². The summed E-state index contributed by atoms with van der Waals surface area (Å²) >= 11 is 0. The van der Waals surface area contributed by atoms with Crippen LogP contribution in [0.25, 0.3) is 11.6 Å². The summed E-state index contributed by atoms with van der Waals surface area (Å²) in [6, 6.07) is 9.04. The monoisotopic (exact) mass is 389 g/mol. The second kappa shape index (κ2) is 6.63. The molecule has 1 aromatic carbocycles. The maximum absolute atomic E-state index is 12.7. The zero-order valence-corrected chi connectivity index (χ0v) is 15.0. The highest BCUT2D eigenvalue weighted by Crippen LogP contribution is 2.32. The van der Waals surface area contributed by atoms with Crippen molar-refractivity contribution in [1.82, 2.24) is 14.4 Å². The van der Waals surface area contributed by atoms with Gasteiger partial charge in [-0.1, -0.05) is 5.16 Å². The average Bonchev–Trinajstić information content (AvgIpc) is 3.31. The van der Waals surface area contributed by atoms with Gasteiger partial charge in [-0.15, -0.1) is 0 Å². The van der Waals surface area contributed by atoms with E-state index < -0.39 is 16.0 Å². The van der Waals surface area contributed by atoms with Crippen LogP contribution < -0.4 is 0 Å². The van der Waals surface area contributed by atoms with Gasteiger partial charge in [-0.3, -0.25) is 0 Å². The number of methoxy groups -OCH3 is 1. The molecule has 2 aromatic heterocycles. The summed E-state index contributed by atoms with van der Waals surface area (Å²) in [7, 11) is -2.39. The summed E-state index contributed by atoms with van der Waals surface area (Å²) < 4.78 is 41.7. The smallest absolute Gasteiger partial charge is 0.337 e. The summed E-state index contributed by atoms with van der Waals surface area (Å²) in [5, 5.41) is 3.85. The Labute approximate surface area is 154 Å². The van der Waals surface area contributed by atoms with Gasteiger partial charge in [0.1, 0.15) is 0 Å². The van der Waals surface area contributed by atoms with E-state index in [1.165, 1.54) is 41.9 Å². The minimum atomic E-state index is -3.66. The molecule has 0 saturated carbocycles. The van der Waals surface area contributed by atoms with Crippen LogP contribution in [-0.4, -0.2) is 49.0 Å². The lowest BCUT2D eigenvalue weighted by atomic mass is 10.0. The third kappa shape index (κ3) is 3.13. The van der Waals surface area contributed by atoms with Gasteiger partial charge in [0, 0.05) is 13.1 Å². The summed E-state index contributed by atoms with van der Waals surface area (Å²) in [5.74, 6) is 0.486. The largest absolute Gasteiger partial charge is 0.465 e.